The first-order valence-electron chi connectivity index (χ1n) is 6.80. The third kappa shape index (κ3) is 1.79. The standard InChI is InChI=1S/C14H20N2OS/c1-3-4-10(2)16-12(11-5-8-18-9-11)15-14(6-7-14)13(16)17/h5,8-10,12,15H,3-4,6-7H2,1-2H3. The zero-order chi connectivity index (χ0) is 12.8. The molecular weight excluding hydrogens is 244 g/mol. The number of hydrogen-bond acceptors (Lipinski definition) is 3. The van der Waals surface area contributed by atoms with E-state index in [-0.39, 0.29) is 11.7 Å². The average molecular weight is 264 g/mol. The number of nitrogens with one attached hydrogen (secondary N) is 1. The number of rotatable bonds is 4. The molecule has 0 aromatic carbocycles. The number of nitrogens with zero attached hydrogens (tertiary/aromatic N) is 1. The zero-order valence-corrected chi connectivity index (χ0v) is 11.8. The summed E-state index contributed by atoms with van der Waals surface area (Å²) < 4.78 is 0. The fourth-order valence-corrected chi connectivity index (χ4v) is 3.61. The van der Waals surface area contributed by atoms with E-state index in [0.29, 0.717) is 11.9 Å². The Balaban J connectivity index is 1.89. The zero-order valence-electron chi connectivity index (χ0n) is 11.0. The van der Waals surface area contributed by atoms with Gasteiger partial charge in [0.25, 0.3) is 0 Å². The molecule has 1 N–H and O–H groups in total. The summed E-state index contributed by atoms with van der Waals surface area (Å²) in [7, 11) is 0. The van der Waals surface area contributed by atoms with Crippen molar-refractivity contribution < 1.29 is 4.79 Å². The van der Waals surface area contributed by atoms with Gasteiger partial charge in [-0.2, -0.15) is 11.3 Å². The first-order valence-corrected chi connectivity index (χ1v) is 7.75. The molecular formula is C14H20N2OS. The molecule has 1 saturated heterocycles. The lowest BCUT2D eigenvalue weighted by Crippen LogP contribution is -2.38. The summed E-state index contributed by atoms with van der Waals surface area (Å²) in [5.74, 6) is 0.319. The van der Waals surface area contributed by atoms with E-state index in [1.54, 1.807) is 11.3 Å². The van der Waals surface area contributed by atoms with Crippen molar-refractivity contribution in [3.8, 4) is 0 Å². The smallest absolute Gasteiger partial charge is 0.244 e. The Morgan fingerprint density at radius 1 is 1.61 bits per heavy atom. The molecule has 1 saturated carbocycles. The van der Waals surface area contributed by atoms with Crippen molar-refractivity contribution in [2.45, 2.75) is 57.3 Å². The highest BCUT2D eigenvalue weighted by atomic mass is 32.1. The van der Waals surface area contributed by atoms with Gasteiger partial charge in [-0.3, -0.25) is 10.1 Å². The molecule has 0 radical (unpaired) electrons. The molecule has 2 fully saturated rings. The average Bonchev–Trinajstić information content (AvgIpc) is 2.83. The Labute approximate surface area is 112 Å². The topological polar surface area (TPSA) is 32.3 Å². The maximum absolute atomic E-state index is 12.6. The summed E-state index contributed by atoms with van der Waals surface area (Å²) in [5.41, 5.74) is 1.02. The molecule has 1 aliphatic heterocycles. The van der Waals surface area contributed by atoms with Gasteiger partial charge in [-0.15, -0.1) is 0 Å². The number of amides is 1. The summed E-state index contributed by atoms with van der Waals surface area (Å²) in [4.78, 5) is 14.7. The van der Waals surface area contributed by atoms with Gasteiger partial charge >= 0.3 is 0 Å². The van der Waals surface area contributed by atoms with Gasteiger partial charge in [0.2, 0.25) is 5.91 Å². The van der Waals surface area contributed by atoms with Crippen LogP contribution in [0.1, 0.15) is 51.3 Å². The molecule has 3 nitrogen and oxygen atoms in total. The van der Waals surface area contributed by atoms with Crippen molar-refractivity contribution in [1.29, 1.82) is 0 Å². The summed E-state index contributed by atoms with van der Waals surface area (Å²) >= 11 is 1.70. The highest BCUT2D eigenvalue weighted by Gasteiger charge is 2.60. The van der Waals surface area contributed by atoms with E-state index in [9.17, 15) is 4.79 Å². The fraction of sp³-hybridized carbons (Fsp3) is 0.643. The number of hydrogen-bond donors (Lipinski definition) is 1. The van der Waals surface area contributed by atoms with Crippen molar-refractivity contribution in [2.75, 3.05) is 0 Å². The maximum Gasteiger partial charge on any atom is 0.244 e. The van der Waals surface area contributed by atoms with Crippen LogP contribution in [0, 0.1) is 0 Å². The van der Waals surface area contributed by atoms with Crippen molar-refractivity contribution in [1.82, 2.24) is 10.2 Å². The van der Waals surface area contributed by atoms with E-state index in [4.69, 9.17) is 0 Å². The third-order valence-corrected chi connectivity index (χ3v) is 4.83. The van der Waals surface area contributed by atoms with Crippen molar-refractivity contribution >= 4 is 17.2 Å². The van der Waals surface area contributed by atoms with E-state index in [0.717, 1.165) is 25.7 Å². The summed E-state index contributed by atoms with van der Waals surface area (Å²) in [6, 6.07) is 2.45. The Morgan fingerprint density at radius 2 is 2.39 bits per heavy atom. The number of carbonyl (C=O) groups excluding carboxylic acids is 1. The molecule has 98 valence electrons. The van der Waals surface area contributed by atoms with Gasteiger partial charge in [-0.05, 0) is 48.6 Å². The predicted octanol–water partition coefficient (Wildman–Crippen LogP) is 2.90. The molecule has 1 aromatic rings. The van der Waals surface area contributed by atoms with E-state index in [2.05, 4.69) is 40.9 Å². The molecule has 2 aliphatic rings. The van der Waals surface area contributed by atoms with Gasteiger partial charge in [0.15, 0.2) is 0 Å². The first kappa shape index (κ1) is 12.2. The summed E-state index contributed by atoms with van der Waals surface area (Å²) in [6.45, 7) is 4.35. The van der Waals surface area contributed by atoms with E-state index in [1.807, 2.05) is 0 Å². The molecule has 1 spiro atoms. The van der Waals surface area contributed by atoms with Crippen LogP contribution in [0.15, 0.2) is 16.8 Å². The Bertz CT molecular complexity index is 439. The Hall–Kier alpha value is -0.870. The molecule has 4 heteroatoms. The fourth-order valence-electron chi connectivity index (χ4n) is 2.93. The molecule has 1 aliphatic carbocycles. The molecule has 1 amide bonds. The quantitative estimate of drug-likeness (QED) is 0.907. The lowest BCUT2D eigenvalue weighted by atomic mass is 10.1. The normalized spacial score (nSPS) is 26.9. The predicted molar refractivity (Wildman–Crippen MR) is 73.4 cm³/mol. The lowest BCUT2D eigenvalue weighted by molar-refractivity contribution is -0.132. The number of carbonyl (C=O) groups is 1. The van der Waals surface area contributed by atoms with Gasteiger partial charge in [0.1, 0.15) is 11.7 Å². The minimum Gasteiger partial charge on any atom is -0.319 e. The van der Waals surface area contributed by atoms with Crippen LogP contribution in [0.5, 0.6) is 0 Å². The maximum atomic E-state index is 12.6. The van der Waals surface area contributed by atoms with Crippen LogP contribution in [-0.4, -0.2) is 22.4 Å². The van der Waals surface area contributed by atoms with Crippen molar-refractivity contribution in [3.63, 3.8) is 0 Å². The van der Waals surface area contributed by atoms with Gasteiger partial charge in [-0.1, -0.05) is 13.3 Å². The van der Waals surface area contributed by atoms with E-state index < -0.39 is 0 Å². The Kier molecular flexibility index (Phi) is 2.94. The summed E-state index contributed by atoms with van der Waals surface area (Å²) in [5, 5.41) is 7.80. The van der Waals surface area contributed by atoms with Crippen LogP contribution < -0.4 is 5.32 Å². The molecule has 1 aromatic heterocycles. The van der Waals surface area contributed by atoms with Crippen molar-refractivity contribution in [2.24, 2.45) is 0 Å². The van der Waals surface area contributed by atoms with Crippen LogP contribution >= 0.6 is 11.3 Å². The molecule has 3 rings (SSSR count). The van der Waals surface area contributed by atoms with Gasteiger partial charge in [0, 0.05) is 6.04 Å². The highest BCUT2D eigenvalue weighted by Crippen LogP contribution is 2.47. The van der Waals surface area contributed by atoms with Gasteiger partial charge in [-0.25, -0.2) is 0 Å². The molecule has 2 heterocycles. The second-order valence-corrected chi connectivity index (χ2v) is 6.32. The van der Waals surface area contributed by atoms with E-state index in [1.165, 1.54) is 5.56 Å². The van der Waals surface area contributed by atoms with E-state index >= 15 is 0 Å². The number of thiophene rings is 1. The SMILES string of the molecule is CCCC(C)N1C(=O)C2(CC2)NC1c1ccsc1. The van der Waals surface area contributed by atoms with Crippen LogP contribution in [0.2, 0.25) is 0 Å². The van der Waals surface area contributed by atoms with Crippen LogP contribution in [0.4, 0.5) is 0 Å². The lowest BCUT2D eigenvalue weighted by Gasteiger charge is -2.30. The van der Waals surface area contributed by atoms with Crippen molar-refractivity contribution in [3.05, 3.63) is 22.4 Å². The third-order valence-electron chi connectivity index (χ3n) is 4.13. The molecule has 2 atom stereocenters. The van der Waals surface area contributed by atoms with Gasteiger partial charge in [0.05, 0.1) is 0 Å². The molecule has 2 unspecified atom stereocenters. The second-order valence-electron chi connectivity index (χ2n) is 5.54. The van der Waals surface area contributed by atoms with Crippen LogP contribution in [0.3, 0.4) is 0 Å². The first-order chi connectivity index (χ1) is 8.68. The minimum absolute atomic E-state index is 0.0906. The second kappa shape index (κ2) is 4.35. The van der Waals surface area contributed by atoms with Crippen LogP contribution in [0.25, 0.3) is 0 Å². The molecule has 18 heavy (non-hydrogen) atoms. The Morgan fingerprint density at radius 3 is 2.94 bits per heavy atom. The monoisotopic (exact) mass is 264 g/mol. The van der Waals surface area contributed by atoms with Crippen LogP contribution in [-0.2, 0) is 4.79 Å². The largest absolute Gasteiger partial charge is 0.319 e. The minimum atomic E-state index is -0.214. The summed E-state index contributed by atoms with van der Waals surface area (Å²) in [6.07, 6.45) is 4.29. The highest BCUT2D eigenvalue weighted by molar-refractivity contribution is 7.07. The molecule has 0 bridgehead atoms. The van der Waals surface area contributed by atoms with Gasteiger partial charge < -0.3 is 4.90 Å².